The summed E-state index contributed by atoms with van der Waals surface area (Å²) in [5.74, 6) is -0.344. The highest BCUT2D eigenvalue weighted by atomic mass is 32.1. The van der Waals surface area contributed by atoms with Crippen LogP contribution in [0.4, 0.5) is 5.00 Å². The van der Waals surface area contributed by atoms with E-state index in [9.17, 15) is 14.9 Å². The Kier molecular flexibility index (Phi) is 4.13. The summed E-state index contributed by atoms with van der Waals surface area (Å²) in [7, 11) is 0. The first-order chi connectivity index (χ1) is 9.02. The van der Waals surface area contributed by atoms with Gasteiger partial charge in [0.25, 0.3) is 5.91 Å². The van der Waals surface area contributed by atoms with E-state index in [-0.39, 0.29) is 29.1 Å². The maximum Gasteiger partial charge on any atom is 0.324 e. The monoisotopic (exact) mass is 285 g/mol. The predicted octanol–water partition coefficient (Wildman–Crippen LogP) is 0.891. The Labute approximate surface area is 113 Å². The molecule has 0 spiro atoms. The number of nitrogens with one attached hydrogen (secondary N) is 1. The average Bonchev–Trinajstić information content (AvgIpc) is 2.85. The Morgan fingerprint density at radius 1 is 1.68 bits per heavy atom. The summed E-state index contributed by atoms with van der Waals surface area (Å²) >= 11 is 0.849. The lowest BCUT2D eigenvalue weighted by Gasteiger charge is -2.42. The van der Waals surface area contributed by atoms with Gasteiger partial charge in [-0.15, -0.1) is 0 Å². The fourth-order valence-corrected chi connectivity index (χ4v) is 2.72. The number of hydrogen-bond acceptors (Lipinski definition) is 6. The predicted molar refractivity (Wildman–Crippen MR) is 70.2 cm³/mol. The minimum Gasteiger partial charge on any atom is -0.376 e. The van der Waals surface area contributed by atoms with Crippen LogP contribution in [0.15, 0.2) is 12.1 Å². The average molecular weight is 285 g/mol. The van der Waals surface area contributed by atoms with Crippen molar-refractivity contribution in [1.29, 1.82) is 0 Å². The number of ether oxygens (including phenoxy) is 1. The molecule has 1 fully saturated rings. The highest BCUT2D eigenvalue weighted by Crippen LogP contribution is 2.26. The molecule has 1 aliphatic carbocycles. The highest BCUT2D eigenvalue weighted by molar-refractivity contribution is 7.17. The van der Waals surface area contributed by atoms with Crippen molar-refractivity contribution in [2.24, 2.45) is 5.73 Å². The molecule has 7 nitrogen and oxygen atoms in total. The quantitative estimate of drug-likeness (QED) is 0.617. The van der Waals surface area contributed by atoms with E-state index in [1.165, 1.54) is 12.1 Å². The molecule has 2 rings (SSSR count). The van der Waals surface area contributed by atoms with E-state index < -0.39 is 4.92 Å². The fourth-order valence-electron chi connectivity index (χ4n) is 2.00. The third-order valence-corrected chi connectivity index (χ3v) is 4.08. The van der Waals surface area contributed by atoms with Crippen molar-refractivity contribution in [3.8, 4) is 0 Å². The second-order valence-electron chi connectivity index (χ2n) is 4.29. The van der Waals surface area contributed by atoms with Gasteiger partial charge >= 0.3 is 5.00 Å². The molecule has 0 aromatic carbocycles. The van der Waals surface area contributed by atoms with Crippen LogP contribution in [0.25, 0.3) is 0 Å². The molecule has 1 saturated carbocycles. The molecule has 3 unspecified atom stereocenters. The van der Waals surface area contributed by atoms with Crippen molar-refractivity contribution in [3.63, 3.8) is 0 Å². The first-order valence-corrected chi connectivity index (χ1v) is 6.76. The van der Waals surface area contributed by atoms with Crippen molar-refractivity contribution in [3.05, 3.63) is 27.1 Å². The van der Waals surface area contributed by atoms with Gasteiger partial charge in [-0.1, -0.05) is 11.3 Å². The summed E-state index contributed by atoms with van der Waals surface area (Å²) in [6, 6.07) is 2.40. The number of carbonyl (C=O) groups is 1. The first kappa shape index (κ1) is 13.9. The summed E-state index contributed by atoms with van der Waals surface area (Å²) in [5, 5.41) is 13.3. The summed E-state index contributed by atoms with van der Waals surface area (Å²) in [5.41, 5.74) is 5.82. The largest absolute Gasteiger partial charge is 0.376 e. The van der Waals surface area contributed by atoms with Crippen molar-refractivity contribution in [2.75, 3.05) is 6.61 Å². The van der Waals surface area contributed by atoms with Gasteiger partial charge < -0.3 is 15.8 Å². The molecular weight excluding hydrogens is 270 g/mol. The summed E-state index contributed by atoms with van der Waals surface area (Å²) in [6.45, 7) is 2.44. The number of amides is 1. The minimum atomic E-state index is -0.514. The highest BCUT2D eigenvalue weighted by Gasteiger charge is 2.40. The summed E-state index contributed by atoms with van der Waals surface area (Å²) < 4.78 is 5.44. The van der Waals surface area contributed by atoms with E-state index in [0.29, 0.717) is 17.9 Å². The lowest BCUT2D eigenvalue weighted by atomic mass is 9.83. The van der Waals surface area contributed by atoms with Crippen molar-refractivity contribution >= 4 is 22.2 Å². The zero-order valence-electron chi connectivity index (χ0n) is 10.4. The van der Waals surface area contributed by atoms with E-state index in [4.69, 9.17) is 10.5 Å². The van der Waals surface area contributed by atoms with Gasteiger partial charge in [0.1, 0.15) is 0 Å². The maximum absolute atomic E-state index is 11.9. The molecule has 3 N–H and O–H groups in total. The van der Waals surface area contributed by atoms with Gasteiger partial charge in [0, 0.05) is 18.7 Å². The zero-order chi connectivity index (χ0) is 14.0. The van der Waals surface area contributed by atoms with Crippen molar-refractivity contribution in [1.82, 2.24) is 5.32 Å². The second kappa shape index (κ2) is 5.64. The molecule has 1 aromatic rings. The Balaban J connectivity index is 1.98. The molecule has 19 heavy (non-hydrogen) atoms. The second-order valence-corrected chi connectivity index (χ2v) is 5.35. The van der Waals surface area contributed by atoms with Crippen LogP contribution in [0.2, 0.25) is 0 Å². The normalized spacial score (nSPS) is 25.7. The number of nitrogens with zero attached hydrogens (tertiary/aromatic N) is 1. The number of rotatable bonds is 5. The fraction of sp³-hybridized carbons (Fsp3) is 0.545. The van der Waals surface area contributed by atoms with Crippen molar-refractivity contribution in [2.45, 2.75) is 31.5 Å². The Hall–Kier alpha value is -1.51. The SMILES string of the molecule is CCOC1CC(N)C1NC(=O)c1ccc([N+](=O)[O-])s1. The molecular formula is C11H15N3O4S. The molecule has 1 aromatic heterocycles. The van der Waals surface area contributed by atoms with E-state index in [1.807, 2.05) is 6.92 Å². The molecule has 1 amide bonds. The van der Waals surface area contributed by atoms with Gasteiger partial charge in [-0.2, -0.15) is 0 Å². The number of nitro groups is 1. The standard InChI is InChI=1S/C11H15N3O4S/c1-2-18-7-5-6(12)10(7)13-11(15)8-3-4-9(19-8)14(16)17/h3-4,6-7,10H,2,5,12H2,1H3,(H,13,15). The van der Waals surface area contributed by atoms with Crippen LogP contribution in [-0.2, 0) is 4.74 Å². The third-order valence-electron chi connectivity index (χ3n) is 3.04. The molecule has 104 valence electrons. The molecule has 0 saturated heterocycles. The van der Waals surface area contributed by atoms with Crippen molar-refractivity contribution < 1.29 is 14.5 Å². The molecule has 1 aliphatic rings. The zero-order valence-corrected chi connectivity index (χ0v) is 11.2. The van der Waals surface area contributed by atoms with Crippen LogP contribution in [0.3, 0.4) is 0 Å². The van der Waals surface area contributed by atoms with Crippen LogP contribution in [-0.4, -0.2) is 35.6 Å². The van der Waals surface area contributed by atoms with Crippen LogP contribution in [0, 0.1) is 10.1 Å². The first-order valence-electron chi connectivity index (χ1n) is 5.95. The Bertz CT molecular complexity index is 488. The van der Waals surface area contributed by atoms with Gasteiger partial charge in [0.05, 0.1) is 21.9 Å². The van der Waals surface area contributed by atoms with Crippen LogP contribution < -0.4 is 11.1 Å². The number of nitrogens with two attached hydrogens (primary N) is 1. The maximum atomic E-state index is 11.9. The van der Waals surface area contributed by atoms with Gasteiger partial charge in [-0.3, -0.25) is 14.9 Å². The lowest BCUT2D eigenvalue weighted by molar-refractivity contribution is -0.380. The Morgan fingerprint density at radius 3 is 2.95 bits per heavy atom. The Morgan fingerprint density at radius 2 is 2.42 bits per heavy atom. The summed E-state index contributed by atoms with van der Waals surface area (Å²) in [6.07, 6.45) is 0.641. The van der Waals surface area contributed by atoms with E-state index in [1.54, 1.807) is 0 Å². The molecule has 3 atom stereocenters. The summed E-state index contributed by atoms with van der Waals surface area (Å²) in [4.78, 5) is 22.3. The molecule has 1 heterocycles. The third kappa shape index (κ3) is 2.91. The van der Waals surface area contributed by atoms with Crippen LogP contribution >= 0.6 is 11.3 Å². The van der Waals surface area contributed by atoms with Crippen LogP contribution in [0.1, 0.15) is 23.0 Å². The topological polar surface area (TPSA) is 107 Å². The van der Waals surface area contributed by atoms with Gasteiger partial charge in [-0.25, -0.2) is 0 Å². The molecule has 0 radical (unpaired) electrons. The molecule has 0 aliphatic heterocycles. The number of carbonyl (C=O) groups excluding carboxylic acids is 1. The van der Waals surface area contributed by atoms with E-state index in [0.717, 1.165) is 11.3 Å². The van der Waals surface area contributed by atoms with Gasteiger partial charge in [0.2, 0.25) is 0 Å². The van der Waals surface area contributed by atoms with Gasteiger partial charge in [0.15, 0.2) is 0 Å². The van der Waals surface area contributed by atoms with Crippen LogP contribution in [0.5, 0.6) is 0 Å². The van der Waals surface area contributed by atoms with E-state index >= 15 is 0 Å². The minimum absolute atomic E-state index is 0.0515. The van der Waals surface area contributed by atoms with E-state index in [2.05, 4.69) is 5.32 Å². The number of thiophene rings is 1. The lowest BCUT2D eigenvalue weighted by Crippen LogP contribution is -2.64. The molecule has 0 bridgehead atoms. The molecule has 8 heteroatoms. The smallest absolute Gasteiger partial charge is 0.324 e. The number of hydrogen-bond donors (Lipinski definition) is 2. The van der Waals surface area contributed by atoms with Gasteiger partial charge in [-0.05, 0) is 19.4 Å².